The predicted molar refractivity (Wildman–Crippen MR) is 99.6 cm³/mol. The van der Waals surface area contributed by atoms with E-state index < -0.39 is 0 Å². The van der Waals surface area contributed by atoms with Crippen LogP contribution in [0.3, 0.4) is 0 Å². The molecule has 0 amide bonds. The van der Waals surface area contributed by atoms with Crippen LogP contribution in [0.15, 0.2) is 42.5 Å². The number of fused-ring (bicyclic) bond motifs is 1. The SMILES string of the molecule is c1ccc2cc(OCCN3CCC(NCC4CC4)CC3)ccc2c1. The predicted octanol–water partition coefficient (Wildman–Crippen LogP) is 3.68. The maximum atomic E-state index is 5.97. The topological polar surface area (TPSA) is 24.5 Å². The Kier molecular flexibility index (Phi) is 5.00. The van der Waals surface area contributed by atoms with Crippen LogP contribution in [0.25, 0.3) is 10.8 Å². The smallest absolute Gasteiger partial charge is 0.120 e. The Morgan fingerprint density at radius 2 is 1.75 bits per heavy atom. The number of hydrogen-bond donors (Lipinski definition) is 1. The maximum Gasteiger partial charge on any atom is 0.120 e. The standard InChI is InChI=1S/C21H28N2O/c1-2-4-19-15-21(8-7-18(19)3-1)24-14-13-23-11-9-20(10-12-23)22-16-17-5-6-17/h1-4,7-8,15,17,20,22H,5-6,9-14,16H2. The highest BCUT2D eigenvalue weighted by atomic mass is 16.5. The molecule has 1 heterocycles. The number of benzene rings is 2. The second-order valence-corrected chi connectivity index (χ2v) is 7.32. The third-order valence-electron chi connectivity index (χ3n) is 5.38. The molecule has 2 aromatic rings. The van der Waals surface area contributed by atoms with Crippen molar-refractivity contribution in [3.8, 4) is 5.75 Å². The molecule has 24 heavy (non-hydrogen) atoms. The van der Waals surface area contributed by atoms with Crippen LogP contribution in [0.4, 0.5) is 0 Å². The maximum absolute atomic E-state index is 5.97. The summed E-state index contributed by atoms with van der Waals surface area (Å²) in [6, 6.07) is 15.5. The van der Waals surface area contributed by atoms with E-state index in [9.17, 15) is 0 Å². The van der Waals surface area contributed by atoms with Crippen LogP contribution in [0.1, 0.15) is 25.7 Å². The number of hydrogen-bond acceptors (Lipinski definition) is 3. The third kappa shape index (κ3) is 4.28. The first-order valence-corrected chi connectivity index (χ1v) is 9.44. The average molecular weight is 324 g/mol. The van der Waals surface area contributed by atoms with Crippen LogP contribution in [0.5, 0.6) is 5.75 Å². The van der Waals surface area contributed by atoms with Gasteiger partial charge in [-0.3, -0.25) is 4.90 Å². The first-order chi connectivity index (χ1) is 11.9. The number of piperidine rings is 1. The van der Waals surface area contributed by atoms with Crippen molar-refractivity contribution in [3.05, 3.63) is 42.5 Å². The molecule has 1 saturated carbocycles. The van der Waals surface area contributed by atoms with E-state index in [0.29, 0.717) is 0 Å². The molecule has 0 aromatic heterocycles. The number of ether oxygens (including phenoxy) is 1. The van der Waals surface area contributed by atoms with Crippen molar-refractivity contribution in [1.82, 2.24) is 10.2 Å². The van der Waals surface area contributed by atoms with Gasteiger partial charge in [0, 0.05) is 12.6 Å². The summed E-state index contributed by atoms with van der Waals surface area (Å²) >= 11 is 0. The van der Waals surface area contributed by atoms with Gasteiger partial charge in [0.15, 0.2) is 0 Å². The minimum Gasteiger partial charge on any atom is -0.492 e. The highest BCUT2D eigenvalue weighted by molar-refractivity contribution is 5.83. The van der Waals surface area contributed by atoms with E-state index in [1.165, 1.54) is 56.1 Å². The lowest BCUT2D eigenvalue weighted by atomic mass is 10.0. The molecule has 0 bridgehead atoms. The Bertz CT molecular complexity index is 660. The Morgan fingerprint density at radius 3 is 2.54 bits per heavy atom. The molecule has 0 atom stereocenters. The van der Waals surface area contributed by atoms with Gasteiger partial charge in [0.05, 0.1) is 0 Å². The van der Waals surface area contributed by atoms with Crippen LogP contribution in [-0.2, 0) is 0 Å². The number of nitrogens with zero attached hydrogens (tertiary/aromatic N) is 1. The molecule has 1 aliphatic carbocycles. The van der Waals surface area contributed by atoms with E-state index in [4.69, 9.17) is 4.74 Å². The molecule has 0 spiro atoms. The first kappa shape index (κ1) is 15.9. The lowest BCUT2D eigenvalue weighted by Gasteiger charge is -2.32. The fourth-order valence-corrected chi connectivity index (χ4v) is 3.57. The summed E-state index contributed by atoms with van der Waals surface area (Å²) in [5, 5.41) is 6.26. The van der Waals surface area contributed by atoms with Crippen LogP contribution in [0, 0.1) is 5.92 Å². The molecule has 2 fully saturated rings. The van der Waals surface area contributed by atoms with Crippen molar-refractivity contribution in [1.29, 1.82) is 0 Å². The Balaban J connectivity index is 1.18. The molecular weight excluding hydrogens is 296 g/mol. The summed E-state index contributed by atoms with van der Waals surface area (Å²) in [5.41, 5.74) is 0. The van der Waals surface area contributed by atoms with E-state index >= 15 is 0 Å². The molecule has 1 N–H and O–H groups in total. The van der Waals surface area contributed by atoms with Gasteiger partial charge in [-0.05, 0) is 74.1 Å². The van der Waals surface area contributed by atoms with Gasteiger partial charge in [-0.25, -0.2) is 0 Å². The van der Waals surface area contributed by atoms with Crippen LogP contribution in [-0.4, -0.2) is 43.7 Å². The second-order valence-electron chi connectivity index (χ2n) is 7.32. The van der Waals surface area contributed by atoms with Crippen LogP contribution < -0.4 is 10.1 Å². The lowest BCUT2D eigenvalue weighted by molar-refractivity contribution is 0.164. The summed E-state index contributed by atoms with van der Waals surface area (Å²) in [6.07, 6.45) is 5.45. The summed E-state index contributed by atoms with van der Waals surface area (Å²) in [5.74, 6) is 1.97. The van der Waals surface area contributed by atoms with Crippen molar-refractivity contribution in [3.63, 3.8) is 0 Å². The van der Waals surface area contributed by atoms with Crippen molar-refractivity contribution in [2.75, 3.05) is 32.8 Å². The Labute approximate surface area is 145 Å². The van der Waals surface area contributed by atoms with E-state index in [1.807, 2.05) is 0 Å². The molecule has 3 nitrogen and oxygen atoms in total. The normalized spacial score (nSPS) is 19.7. The van der Waals surface area contributed by atoms with Gasteiger partial charge < -0.3 is 10.1 Å². The molecule has 1 saturated heterocycles. The molecule has 4 rings (SSSR count). The van der Waals surface area contributed by atoms with Gasteiger partial charge in [-0.15, -0.1) is 0 Å². The highest BCUT2D eigenvalue weighted by Crippen LogP contribution is 2.28. The van der Waals surface area contributed by atoms with E-state index in [1.54, 1.807) is 0 Å². The molecular formula is C21H28N2O. The highest BCUT2D eigenvalue weighted by Gasteiger charge is 2.24. The molecule has 2 aromatic carbocycles. The minimum absolute atomic E-state index is 0.739. The molecule has 128 valence electrons. The third-order valence-corrected chi connectivity index (χ3v) is 5.38. The van der Waals surface area contributed by atoms with Crippen LogP contribution >= 0.6 is 0 Å². The van der Waals surface area contributed by atoms with Gasteiger partial charge in [0.1, 0.15) is 12.4 Å². The fourth-order valence-electron chi connectivity index (χ4n) is 3.57. The van der Waals surface area contributed by atoms with Crippen molar-refractivity contribution in [2.24, 2.45) is 5.92 Å². The van der Waals surface area contributed by atoms with Crippen molar-refractivity contribution >= 4 is 10.8 Å². The van der Waals surface area contributed by atoms with Gasteiger partial charge in [0.2, 0.25) is 0 Å². The summed E-state index contributed by atoms with van der Waals surface area (Å²) in [7, 11) is 0. The lowest BCUT2D eigenvalue weighted by Crippen LogP contribution is -2.44. The summed E-state index contributed by atoms with van der Waals surface area (Å²) in [6.45, 7) is 5.45. The molecule has 1 aliphatic heterocycles. The molecule has 0 unspecified atom stereocenters. The first-order valence-electron chi connectivity index (χ1n) is 9.44. The monoisotopic (exact) mass is 324 g/mol. The zero-order valence-corrected chi connectivity index (χ0v) is 14.4. The minimum atomic E-state index is 0.739. The summed E-state index contributed by atoms with van der Waals surface area (Å²) in [4.78, 5) is 2.54. The Hall–Kier alpha value is -1.58. The molecule has 0 radical (unpaired) electrons. The quantitative estimate of drug-likeness (QED) is 0.841. The van der Waals surface area contributed by atoms with Gasteiger partial charge in [0.25, 0.3) is 0 Å². The van der Waals surface area contributed by atoms with Gasteiger partial charge in [-0.1, -0.05) is 30.3 Å². The Morgan fingerprint density at radius 1 is 0.958 bits per heavy atom. The number of likely N-dealkylation sites (tertiary alicyclic amines) is 1. The molecule has 3 heteroatoms. The number of nitrogens with one attached hydrogen (secondary N) is 1. The fraction of sp³-hybridized carbons (Fsp3) is 0.524. The second kappa shape index (κ2) is 7.54. The zero-order valence-electron chi connectivity index (χ0n) is 14.4. The van der Waals surface area contributed by atoms with E-state index in [2.05, 4.69) is 52.7 Å². The summed E-state index contributed by atoms with van der Waals surface area (Å²) < 4.78 is 5.97. The van der Waals surface area contributed by atoms with Crippen LogP contribution in [0.2, 0.25) is 0 Å². The largest absolute Gasteiger partial charge is 0.492 e. The van der Waals surface area contributed by atoms with E-state index in [-0.39, 0.29) is 0 Å². The van der Waals surface area contributed by atoms with Crippen molar-refractivity contribution < 1.29 is 4.74 Å². The number of rotatable bonds is 7. The van der Waals surface area contributed by atoms with E-state index in [0.717, 1.165) is 30.9 Å². The average Bonchev–Trinajstić information content (AvgIpc) is 3.45. The van der Waals surface area contributed by atoms with Gasteiger partial charge in [-0.2, -0.15) is 0 Å². The van der Waals surface area contributed by atoms with Crippen molar-refractivity contribution in [2.45, 2.75) is 31.7 Å². The zero-order chi connectivity index (χ0) is 16.2. The molecule has 2 aliphatic rings. The van der Waals surface area contributed by atoms with Gasteiger partial charge >= 0.3 is 0 Å².